The molecule has 2 aromatic heterocycles. The average molecular weight is 534 g/mol. The molecule has 2 amide bonds. The van der Waals surface area contributed by atoms with E-state index >= 15 is 0 Å². The molecule has 0 saturated carbocycles. The summed E-state index contributed by atoms with van der Waals surface area (Å²) in [6.45, 7) is 3.15. The van der Waals surface area contributed by atoms with Crippen LogP contribution < -0.4 is 15.9 Å². The maximum absolute atomic E-state index is 12.7. The second kappa shape index (κ2) is 10.6. The molecular weight excluding hydrogens is 505 g/mol. The number of hydrazine groups is 1. The highest BCUT2D eigenvalue weighted by atomic mass is 35.5. The smallest absolute Gasteiger partial charge is 0.409 e. The largest absolute Gasteiger partial charge is 0.495 e. The molecule has 0 aliphatic carbocycles. The van der Waals surface area contributed by atoms with Crippen LogP contribution in [-0.4, -0.2) is 78.4 Å². The van der Waals surface area contributed by atoms with E-state index in [-0.39, 0.29) is 18.1 Å². The summed E-state index contributed by atoms with van der Waals surface area (Å²) in [6, 6.07) is 5.35. The first-order chi connectivity index (χ1) is 17.2. The molecular formula is C24H29ClN5O5P. The van der Waals surface area contributed by atoms with Crippen molar-refractivity contribution in [3.05, 3.63) is 46.2 Å². The fourth-order valence-corrected chi connectivity index (χ4v) is 5.12. The van der Waals surface area contributed by atoms with Crippen molar-refractivity contribution in [2.45, 2.75) is 19.4 Å². The molecule has 1 aliphatic rings. The number of ether oxygens (including phenoxy) is 3. The van der Waals surface area contributed by atoms with Crippen LogP contribution in [0.1, 0.15) is 21.6 Å². The number of hydrogen-bond acceptors (Lipinski definition) is 7. The minimum absolute atomic E-state index is 0.277. The number of nitrogens with zero attached hydrogens (tertiary/aromatic N) is 4. The number of benzene rings is 1. The monoisotopic (exact) mass is 533 g/mol. The summed E-state index contributed by atoms with van der Waals surface area (Å²) in [7, 11) is 7.00. The molecule has 1 fully saturated rings. The number of methoxy groups -OCH3 is 2. The third-order valence-electron chi connectivity index (χ3n) is 6.19. The van der Waals surface area contributed by atoms with Gasteiger partial charge in [-0.3, -0.25) is 9.80 Å². The molecule has 2 atom stereocenters. The molecule has 1 aromatic carbocycles. The molecule has 1 unspecified atom stereocenters. The van der Waals surface area contributed by atoms with Crippen LogP contribution in [0.5, 0.6) is 5.75 Å². The molecule has 1 aliphatic heterocycles. The van der Waals surface area contributed by atoms with Crippen molar-refractivity contribution in [1.29, 1.82) is 0 Å². The lowest BCUT2D eigenvalue weighted by molar-refractivity contribution is -0.0241. The summed E-state index contributed by atoms with van der Waals surface area (Å²) >= 11 is 6.27. The van der Waals surface area contributed by atoms with Crippen LogP contribution in [0.25, 0.3) is 16.9 Å². The molecule has 4 rings (SSSR count). The summed E-state index contributed by atoms with van der Waals surface area (Å²) in [5.41, 5.74) is 4.14. The van der Waals surface area contributed by atoms with Gasteiger partial charge in [0.15, 0.2) is 0 Å². The zero-order valence-corrected chi connectivity index (χ0v) is 22.5. The van der Waals surface area contributed by atoms with Gasteiger partial charge in [-0.2, -0.15) is 0 Å². The fourth-order valence-electron chi connectivity index (χ4n) is 4.50. The van der Waals surface area contributed by atoms with Gasteiger partial charge in [0, 0.05) is 48.2 Å². The predicted octanol–water partition coefficient (Wildman–Crippen LogP) is 2.43. The van der Waals surface area contributed by atoms with Crippen LogP contribution in [0.3, 0.4) is 0 Å². The lowest BCUT2D eigenvalue weighted by Crippen LogP contribution is -2.46. The number of aromatic nitrogens is 2. The Morgan fingerprint density at radius 1 is 1.36 bits per heavy atom. The standard InChI is InChI=1S/C24H29ClN5O5P/c1-13-9-16(23(31)28(2)26)22(36)21(33-3)19(13)20-17(30-6-5-14(25)10-18(30)27-20)11-15-12-29(7-8-35-15)24(32)34-4/h5-6,9-10,15H,7-8,11-12,26,36H2,1-4H3/t15-/m0/s1. The number of aryl methyl sites for hydroxylation is 1. The molecule has 0 bridgehead atoms. The maximum atomic E-state index is 12.7. The van der Waals surface area contributed by atoms with Gasteiger partial charge in [-0.25, -0.2) is 15.6 Å². The first kappa shape index (κ1) is 26.2. The lowest BCUT2D eigenvalue weighted by Gasteiger charge is -2.32. The molecule has 1 saturated heterocycles. The van der Waals surface area contributed by atoms with Crippen molar-refractivity contribution in [3.63, 3.8) is 0 Å². The van der Waals surface area contributed by atoms with Gasteiger partial charge < -0.3 is 23.5 Å². The van der Waals surface area contributed by atoms with E-state index in [4.69, 9.17) is 36.6 Å². The number of amides is 2. The minimum Gasteiger partial charge on any atom is -0.495 e. The van der Waals surface area contributed by atoms with Crippen molar-refractivity contribution in [2.75, 3.05) is 41.0 Å². The molecule has 192 valence electrons. The Morgan fingerprint density at radius 2 is 2.11 bits per heavy atom. The Hall–Kier alpha value is -2.91. The van der Waals surface area contributed by atoms with Crippen LogP contribution in [0.4, 0.5) is 4.79 Å². The average Bonchev–Trinajstić information content (AvgIpc) is 3.20. The van der Waals surface area contributed by atoms with Gasteiger partial charge in [0.2, 0.25) is 0 Å². The van der Waals surface area contributed by atoms with E-state index in [1.807, 2.05) is 17.5 Å². The van der Waals surface area contributed by atoms with Crippen molar-refractivity contribution in [2.24, 2.45) is 5.84 Å². The van der Waals surface area contributed by atoms with Gasteiger partial charge in [0.1, 0.15) is 11.4 Å². The van der Waals surface area contributed by atoms with Gasteiger partial charge >= 0.3 is 6.09 Å². The van der Waals surface area contributed by atoms with Crippen molar-refractivity contribution in [1.82, 2.24) is 19.3 Å². The molecule has 3 heterocycles. The fraction of sp³-hybridized carbons (Fsp3) is 0.375. The molecule has 3 aromatic rings. The third kappa shape index (κ3) is 4.86. The van der Waals surface area contributed by atoms with Gasteiger partial charge in [0.05, 0.1) is 50.4 Å². The highest BCUT2D eigenvalue weighted by Crippen LogP contribution is 2.37. The number of fused-ring (bicyclic) bond motifs is 1. The van der Waals surface area contributed by atoms with Crippen molar-refractivity contribution in [3.8, 4) is 17.0 Å². The zero-order chi connectivity index (χ0) is 26.1. The summed E-state index contributed by atoms with van der Waals surface area (Å²) < 4.78 is 18.7. The topological polar surface area (TPSA) is 112 Å². The molecule has 36 heavy (non-hydrogen) atoms. The Labute approximate surface area is 216 Å². The minimum atomic E-state index is -0.385. The third-order valence-corrected chi connectivity index (χ3v) is 7.00. The number of morpholine rings is 1. The molecule has 0 spiro atoms. The molecule has 2 N–H and O–H groups in total. The van der Waals surface area contributed by atoms with Crippen LogP contribution in [0.2, 0.25) is 5.02 Å². The van der Waals surface area contributed by atoms with Crippen LogP contribution in [0, 0.1) is 6.92 Å². The van der Waals surface area contributed by atoms with Gasteiger partial charge in [-0.05, 0) is 24.6 Å². The number of hydrogen-bond donors (Lipinski definition) is 1. The van der Waals surface area contributed by atoms with Crippen molar-refractivity contribution < 1.29 is 23.8 Å². The normalized spacial score (nSPS) is 15.8. The predicted molar refractivity (Wildman–Crippen MR) is 140 cm³/mol. The first-order valence-corrected chi connectivity index (χ1v) is 12.2. The number of carbonyl (C=O) groups excluding carboxylic acids is 2. The summed E-state index contributed by atoms with van der Waals surface area (Å²) in [4.78, 5) is 31.3. The van der Waals surface area contributed by atoms with Gasteiger partial charge in [0.25, 0.3) is 5.91 Å². The summed E-state index contributed by atoms with van der Waals surface area (Å²) in [5.74, 6) is 5.88. The number of carbonyl (C=O) groups is 2. The SMILES string of the molecule is COC(=O)N1CCO[C@@H](Cc2c(-c3c(C)cc(C(=O)N(C)N)c(P)c3OC)nc3cc(Cl)ccn23)C1. The first-order valence-electron chi connectivity index (χ1n) is 11.3. The number of halogens is 1. The van der Waals surface area contributed by atoms with E-state index in [0.717, 1.165) is 21.8 Å². The highest BCUT2D eigenvalue weighted by Gasteiger charge is 2.30. The number of imidazole rings is 1. The summed E-state index contributed by atoms with van der Waals surface area (Å²) in [5, 5.41) is 2.17. The maximum Gasteiger partial charge on any atom is 0.409 e. The van der Waals surface area contributed by atoms with E-state index in [1.165, 1.54) is 14.2 Å². The molecule has 0 radical (unpaired) electrons. The van der Waals surface area contributed by atoms with Crippen LogP contribution >= 0.6 is 20.8 Å². The zero-order valence-electron chi connectivity index (χ0n) is 20.6. The van der Waals surface area contributed by atoms with Crippen molar-refractivity contribution >= 4 is 43.8 Å². The molecule has 12 heteroatoms. The van der Waals surface area contributed by atoms with E-state index < -0.39 is 0 Å². The number of rotatable bonds is 5. The van der Waals surface area contributed by atoms with Crippen LogP contribution in [-0.2, 0) is 15.9 Å². The molecule has 10 nitrogen and oxygen atoms in total. The van der Waals surface area contributed by atoms with Gasteiger partial charge in [-0.1, -0.05) is 11.6 Å². The number of nitrogens with two attached hydrogens (primary N) is 1. The van der Waals surface area contributed by atoms with E-state index in [1.54, 1.807) is 30.2 Å². The number of pyridine rings is 1. The van der Waals surface area contributed by atoms with E-state index in [0.29, 0.717) is 59.1 Å². The Morgan fingerprint density at radius 3 is 2.78 bits per heavy atom. The lowest BCUT2D eigenvalue weighted by atomic mass is 9.97. The Kier molecular flexibility index (Phi) is 7.70. The second-order valence-electron chi connectivity index (χ2n) is 8.57. The Balaban J connectivity index is 1.86. The van der Waals surface area contributed by atoms with E-state index in [2.05, 4.69) is 9.24 Å². The Bertz CT molecular complexity index is 1330. The second-order valence-corrected chi connectivity index (χ2v) is 9.59. The van der Waals surface area contributed by atoms with Crippen LogP contribution in [0.15, 0.2) is 24.4 Å². The van der Waals surface area contributed by atoms with E-state index in [9.17, 15) is 9.59 Å². The quantitative estimate of drug-likeness (QED) is 0.232. The van der Waals surface area contributed by atoms with Gasteiger partial charge in [-0.15, -0.1) is 9.24 Å². The highest BCUT2D eigenvalue weighted by molar-refractivity contribution is 7.28. The summed E-state index contributed by atoms with van der Waals surface area (Å²) in [6.07, 6.45) is 1.66.